The van der Waals surface area contributed by atoms with Crippen molar-refractivity contribution in [2.75, 3.05) is 109 Å². The first-order valence-corrected chi connectivity index (χ1v) is 25.2. The maximum Gasteiger partial charge on any atom is 0.416 e. The van der Waals surface area contributed by atoms with Crippen LogP contribution in [0.5, 0.6) is 0 Å². The number of aliphatic carboxylic acids is 4. The SMILES string of the molecule is CC(=O)c1ccc2c(c1)N(CCCN1CCN(CCO)CC1)c1ccccc1S2.CN1CCN(CCCN2c3ccccc3Sc3ccc(C(F)(F)F)cc32)CC1.Cl.O=C(O)/C=C\C(=O)O.O=C(O)/C=C\C(=O)O. The highest BCUT2D eigenvalue weighted by molar-refractivity contribution is 8.00. The molecule has 74 heavy (non-hydrogen) atoms. The number of hydrogen-bond donors (Lipinski definition) is 5. The summed E-state index contributed by atoms with van der Waals surface area (Å²) in [5, 5.41) is 40.3. The molecular weight excluding hydrogens is 1030 g/mol. The fourth-order valence-electron chi connectivity index (χ4n) is 8.18. The zero-order valence-electron chi connectivity index (χ0n) is 41.0. The van der Waals surface area contributed by atoms with Gasteiger partial charge >= 0.3 is 30.1 Å². The van der Waals surface area contributed by atoms with E-state index in [0.717, 1.165) is 118 Å². The lowest BCUT2D eigenvalue weighted by atomic mass is 10.1. The number of rotatable bonds is 15. The summed E-state index contributed by atoms with van der Waals surface area (Å²) in [6.45, 7) is 14.8. The molecule has 0 saturated carbocycles. The predicted octanol–water partition coefficient (Wildman–Crippen LogP) is 8.28. The summed E-state index contributed by atoms with van der Waals surface area (Å²) in [4.78, 5) is 68.7. The number of piperazine rings is 2. The Morgan fingerprint density at radius 1 is 0.527 bits per heavy atom. The minimum absolute atomic E-state index is 0. The molecule has 0 atom stereocenters. The van der Waals surface area contributed by atoms with Crippen LogP contribution in [0.25, 0.3) is 0 Å². The van der Waals surface area contributed by atoms with Crippen molar-refractivity contribution in [3.8, 4) is 0 Å². The molecule has 400 valence electrons. The van der Waals surface area contributed by atoms with Crippen molar-refractivity contribution in [3.05, 3.63) is 120 Å². The average molecular weight is 1090 g/mol. The molecule has 4 aliphatic rings. The summed E-state index contributed by atoms with van der Waals surface area (Å²) in [6.07, 6.45) is -0.112. The second kappa shape index (κ2) is 29.8. The number of benzene rings is 4. The second-order valence-electron chi connectivity index (χ2n) is 17.1. The molecule has 2 fully saturated rings. The molecule has 0 spiro atoms. The zero-order valence-corrected chi connectivity index (χ0v) is 43.5. The minimum Gasteiger partial charge on any atom is -0.478 e. The van der Waals surface area contributed by atoms with Gasteiger partial charge in [-0.15, -0.1) is 12.4 Å². The number of alkyl halides is 3. The zero-order chi connectivity index (χ0) is 53.1. The molecule has 4 aliphatic heterocycles. The highest BCUT2D eigenvalue weighted by Gasteiger charge is 2.33. The quantitative estimate of drug-likeness (QED) is 0.0561. The fourth-order valence-corrected chi connectivity index (χ4v) is 10.3. The molecule has 0 aliphatic carbocycles. The molecule has 0 unspecified atom stereocenters. The number of aliphatic hydroxyl groups is 1. The van der Waals surface area contributed by atoms with Crippen molar-refractivity contribution < 1.29 is 62.7 Å². The second-order valence-corrected chi connectivity index (χ2v) is 19.3. The van der Waals surface area contributed by atoms with Gasteiger partial charge in [-0.05, 0) is 94.5 Å². The molecule has 2 saturated heterocycles. The number of aliphatic hydroxyl groups excluding tert-OH is 1. The van der Waals surface area contributed by atoms with E-state index >= 15 is 0 Å². The van der Waals surface area contributed by atoms with Crippen LogP contribution in [0, 0.1) is 0 Å². The highest BCUT2D eigenvalue weighted by atomic mass is 35.5. The van der Waals surface area contributed by atoms with Crippen LogP contribution in [-0.4, -0.2) is 174 Å². The maximum absolute atomic E-state index is 13.3. The molecular formula is C52H62ClF3N6O10S2. The Morgan fingerprint density at radius 2 is 0.905 bits per heavy atom. The van der Waals surface area contributed by atoms with Gasteiger partial charge in [-0.2, -0.15) is 13.2 Å². The normalized spacial score (nSPS) is 15.6. The van der Waals surface area contributed by atoms with Crippen molar-refractivity contribution in [3.63, 3.8) is 0 Å². The first-order chi connectivity index (χ1) is 34.8. The lowest BCUT2D eigenvalue weighted by molar-refractivity contribution is -0.137. The number of Topliss-reactive ketones (excluding diaryl/α,β-unsaturated/α-hetero) is 1. The van der Waals surface area contributed by atoms with Crippen molar-refractivity contribution in [2.24, 2.45) is 0 Å². The van der Waals surface area contributed by atoms with E-state index in [1.54, 1.807) is 36.5 Å². The molecule has 4 heterocycles. The lowest BCUT2D eigenvalue weighted by Gasteiger charge is -2.36. The van der Waals surface area contributed by atoms with Gasteiger partial charge < -0.3 is 50.0 Å². The number of nitrogens with zero attached hydrogens (tertiary/aromatic N) is 6. The standard InChI is InChI=1S/C23H29N3O2S.C21H24F3N3S.2C4H4O4.ClH/c1-18(28)19-7-8-23-21(17-19)26(20-5-2-3-6-22(20)29-23)10-4-9-24-11-13-25(14-12-24)15-16-27;1-25-11-13-26(14-12-25)9-4-10-27-17-5-2-3-6-19(17)28-20-8-7-16(15-18(20)27)21(22,23)24;2*5-3(6)1-2-4(7)8;/h2-3,5-8,17,27H,4,9-16H2,1H3;2-3,5-8,15H,4,9-14H2,1H3;2*1-2H,(H,5,6)(H,7,8);1H/b;;2*2-1-;. The van der Waals surface area contributed by atoms with Crippen molar-refractivity contribution in [1.82, 2.24) is 19.6 Å². The van der Waals surface area contributed by atoms with Gasteiger partial charge in [0.15, 0.2) is 5.78 Å². The number of likely N-dealkylation sites (N-methyl/N-ethyl adjacent to an activating group) is 1. The smallest absolute Gasteiger partial charge is 0.416 e. The lowest BCUT2D eigenvalue weighted by Crippen LogP contribution is -2.47. The molecule has 5 N–H and O–H groups in total. The summed E-state index contributed by atoms with van der Waals surface area (Å²) < 4.78 is 39.8. The Labute approximate surface area is 443 Å². The number of carbonyl (C=O) groups excluding carboxylic acids is 1. The number of carbonyl (C=O) groups is 5. The monoisotopic (exact) mass is 1090 g/mol. The van der Waals surface area contributed by atoms with E-state index in [1.165, 1.54) is 27.6 Å². The molecule has 4 aromatic rings. The summed E-state index contributed by atoms with van der Waals surface area (Å²) in [5.74, 6) is -4.92. The Hall–Kier alpha value is -5.91. The Balaban J connectivity index is 0.000000246. The number of anilines is 4. The largest absolute Gasteiger partial charge is 0.478 e. The third kappa shape index (κ3) is 19.1. The summed E-state index contributed by atoms with van der Waals surface area (Å²) >= 11 is 3.33. The van der Waals surface area contributed by atoms with Crippen LogP contribution < -0.4 is 9.80 Å². The van der Waals surface area contributed by atoms with Crippen LogP contribution in [0.15, 0.2) is 129 Å². The predicted molar refractivity (Wildman–Crippen MR) is 282 cm³/mol. The first-order valence-electron chi connectivity index (χ1n) is 23.5. The highest BCUT2D eigenvalue weighted by Crippen LogP contribution is 2.50. The van der Waals surface area contributed by atoms with E-state index < -0.39 is 35.6 Å². The van der Waals surface area contributed by atoms with Gasteiger partial charge in [0.2, 0.25) is 0 Å². The van der Waals surface area contributed by atoms with E-state index in [4.69, 9.17) is 25.5 Å². The number of β-amino-alcohol motifs (C(OH)–C–C–N with tert-alkyl or cyclic N) is 1. The summed E-state index contributed by atoms with van der Waals surface area (Å²) in [5.41, 5.74) is 4.23. The van der Waals surface area contributed by atoms with Crippen molar-refractivity contribution in [2.45, 2.75) is 45.5 Å². The van der Waals surface area contributed by atoms with Gasteiger partial charge in [0, 0.05) is 121 Å². The number of carboxylic acid groups (broad SMARTS) is 4. The topological polar surface area (TPSA) is 206 Å². The Morgan fingerprint density at radius 3 is 1.31 bits per heavy atom. The number of hydrogen-bond acceptors (Lipinski definition) is 14. The van der Waals surface area contributed by atoms with Crippen LogP contribution >= 0.6 is 35.9 Å². The van der Waals surface area contributed by atoms with Crippen LogP contribution in [-0.2, 0) is 25.4 Å². The number of para-hydroxylation sites is 2. The van der Waals surface area contributed by atoms with E-state index in [-0.39, 0.29) is 24.8 Å². The van der Waals surface area contributed by atoms with Gasteiger partial charge in [0.25, 0.3) is 0 Å². The van der Waals surface area contributed by atoms with Gasteiger partial charge in [0.05, 0.1) is 34.9 Å². The minimum atomic E-state index is -4.33. The van der Waals surface area contributed by atoms with Gasteiger partial charge in [-0.3, -0.25) is 9.69 Å². The average Bonchev–Trinajstić information content (AvgIpc) is 3.36. The van der Waals surface area contributed by atoms with Crippen molar-refractivity contribution in [1.29, 1.82) is 0 Å². The van der Waals surface area contributed by atoms with Crippen molar-refractivity contribution >= 4 is 88.3 Å². The maximum atomic E-state index is 13.3. The molecule has 0 aromatic heterocycles. The van der Waals surface area contributed by atoms with E-state index in [0.29, 0.717) is 36.5 Å². The van der Waals surface area contributed by atoms with E-state index in [9.17, 15) is 37.1 Å². The molecule has 22 heteroatoms. The van der Waals surface area contributed by atoms with E-state index in [2.05, 4.69) is 66.8 Å². The molecule has 4 aromatic carbocycles. The first kappa shape index (κ1) is 60.6. The van der Waals surface area contributed by atoms with Gasteiger partial charge in [-0.25, -0.2) is 19.2 Å². The van der Waals surface area contributed by atoms with Gasteiger partial charge in [-0.1, -0.05) is 53.9 Å². The molecule has 0 amide bonds. The van der Waals surface area contributed by atoms with Gasteiger partial charge in [0.1, 0.15) is 0 Å². The summed E-state index contributed by atoms with van der Waals surface area (Å²) in [6, 6.07) is 26.7. The third-order valence-electron chi connectivity index (χ3n) is 11.9. The molecule has 0 bridgehead atoms. The number of fused-ring (bicyclic) bond motifs is 4. The van der Waals surface area contributed by atoms with E-state index in [1.807, 2.05) is 36.4 Å². The van der Waals surface area contributed by atoms with Crippen LogP contribution in [0.4, 0.5) is 35.9 Å². The van der Waals surface area contributed by atoms with Crippen LogP contribution in [0.3, 0.4) is 0 Å². The third-order valence-corrected chi connectivity index (χ3v) is 14.2. The van der Waals surface area contributed by atoms with Crippen LogP contribution in [0.1, 0.15) is 35.7 Å². The Kier molecular flexibility index (Phi) is 24.5. The molecule has 0 radical (unpaired) electrons. The summed E-state index contributed by atoms with van der Waals surface area (Å²) in [7, 11) is 2.13. The molecule has 8 rings (SSSR count). The number of carboxylic acids is 4. The number of ketones is 1. The Bertz CT molecular complexity index is 2530. The number of halogens is 4. The van der Waals surface area contributed by atoms with Crippen LogP contribution in [0.2, 0.25) is 0 Å². The molecule has 16 nitrogen and oxygen atoms in total. The fraction of sp³-hybridized carbons (Fsp3) is 0.365.